The summed E-state index contributed by atoms with van der Waals surface area (Å²) in [6, 6.07) is 4.97. The summed E-state index contributed by atoms with van der Waals surface area (Å²) in [5, 5.41) is 2.89. The van der Waals surface area contributed by atoms with Crippen molar-refractivity contribution in [2.75, 3.05) is 20.3 Å². The number of carbonyl (C=O) groups is 2. The summed E-state index contributed by atoms with van der Waals surface area (Å²) in [4.78, 5) is 26.9. The van der Waals surface area contributed by atoms with Gasteiger partial charge in [0.2, 0.25) is 0 Å². The van der Waals surface area contributed by atoms with Gasteiger partial charge in [-0.15, -0.1) is 0 Å². The molecule has 0 aromatic heterocycles. The molecule has 1 fully saturated rings. The van der Waals surface area contributed by atoms with E-state index in [4.69, 9.17) is 14.2 Å². The van der Waals surface area contributed by atoms with Crippen LogP contribution in [0.5, 0.6) is 11.5 Å². The van der Waals surface area contributed by atoms with Crippen LogP contribution in [-0.4, -0.2) is 54.8 Å². The van der Waals surface area contributed by atoms with Crippen LogP contribution in [-0.2, 0) is 4.74 Å². The highest BCUT2D eigenvalue weighted by atomic mass is 16.6. The van der Waals surface area contributed by atoms with Gasteiger partial charge in [0.1, 0.15) is 5.60 Å². The van der Waals surface area contributed by atoms with E-state index >= 15 is 0 Å². The minimum atomic E-state index is -0.559. The van der Waals surface area contributed by atoms with E-state index in [1.165, 1.54) is 0 Å². The van der Waals surface area contributed by atoms with Crippen LogP contribution in [0.4, 0.5) is 4.79 Å². The number of hydrogen-bond acceptors (Lipinski definition) is 5. The third-order valence-corrected chi connectivity index (χ3v) is 5.08. The first kappa shape index (κ1) is 23.8. The lowest BCUT2D eigenvalue weighted by Gasteiger charge is -2.27. The Balaban J connectivity index is 2.03. The van der Waals surface area contributed by atoms with E-state index < -0.39 is 11.7 Å². The molecule has 1 aromatic carbocycles. The van der Waals surface area contributed by atoms with E-state index in [2.05, 4.69) is 19.2 Å². The summed E-state index contributed by atoms with van der Waals surface area (Å²) in [5.74, 6) is 1.63. The van der Waals surface area contributed by atoms with Gasteiger partial charge in [-0.1, -0.05) is 13.8 Å². The number of nitrogens with zero attached hydrogens (tertiary/aromatic N) is 1. The van der Waals surface area contributed by atoms with Gasteiger partial charge in [0, 0.05) is 18.2 Å². The standard InChI is InChI=1S/C23H36N2O5/c1-15(2)11-13-29-19-9-8-17(14-20(19)28-7)21(26)25-12-10-18(16(25)3)24-22(27)30-23(4,5)6/h8-9,14-16,18H,10-13H2,1-7H3,(H,24,27)/t16-,18-/m0/s1. The molecule has 1 aliphatic heterocycles. The number of methoxy groups -OCH3 is 1. The van der Waals surface area contributed by atoms with E-state index in [9.17, 15) is 9.59 Å². The molecule has 0 unspecified atom stereocenters. The molecule has 1 aliphatic rings. The maximum atomic E-state index is 13.1. The number of amides is 2. The van der Waals surface area contributed by atoms with Crippen molar-refractivity contribution >= 4 is 12.0 Å². The van der Waals surface area contributed by atoms with Crippen LogP contribution in [0.3, 0.4) is 0 Å². The lowest BCUT2D eigenvalue weighted by atomic mass is 10.1. The third-order valence-electron chi connectivity index (χ3n) is 5.08. The van der Waals surface area contributed by atoms with Gasteiger partial charge in [-0.2, -0.15) is 0 Å². The molecular weight excluding hydrogens is 384 g/mol. The van der Waals surface area contributed by atoms with Crippen LogP contribution in [0.1, 0.15) is 64.7 Å². The molecule has 0 radical (unpaired) electrons. The molecule has 0 aliphatic carbocycles. The molecule has 7 heteroatoms. The summed E-state index contributed by atoms with van der Waals surface area (Å²) in [6.45, 7) is 12.9. The molecule has 168 valence electrons. The molecule has 1 aromatic rings. The lowest BCUT2D eigenvalue weighted by Crippen LogP contribution is -2.46. The number of likely N-dealkylation sites (tertiary alicyclic amines) is 1. The average molecular weight is 421 g/mol. The van der Waals surface area contributed by atoms with Gasteiger partial charge in [-0.3, -0.25) is 4.79 Å². The van der Waals surface area contributed by atoms with Gasteiger partial charge in [0.25, 0.3) is 5.91 Å². The maximum absolute atomic E-state index is 13.1. The molecule has 1 N–H and O–H groups in total. The van der Waals surface area contributed by atoms with Crippen molar-refractivity contribution in [3.63, 3.8) is 0 Å². The lowest BCUT2D eigenvalue weighted by molar-refractivity contribution is 0.0485. The topological polar surface area (TPSA) is 77.1 Å². The molecule has 0 spiro atoms. The van der Waals surface area contributed by atoms with Crippen molar-refractivity contribution in [2.24, 2.45) is 5.92 Å². The average Bonchev–Trinajstić information content (AvgIpc) is 2.99. The molecule has 2 amide bonds. The monoisotopic (exact) mass is 420 g/mol. The molecule has 7 nitrogen and oxygen atoms in total. The highest BCUT2D eigenvalue weighted by Gasteiger charge is 2.36. The molecular formula is C23H36N2O5. The Kier molecular flexibility index (Phi) is 7.98. The molecule has 0 bridgehead atoms. The summed E-state index contributed by atoms with van der Waals surface area (Å²) in [7, 11) is 1.57. The van der Waals surface area contributed by atoms with Crippen LogP contribution in [0.15, 0.2) is 18.2 Å². The Morgan fingerprint density at radius 2 is 1.93 bits per heavy atom. The zero-order valence-corrected chi connectivity index (χ0v) is 19.3. The molecule has 1 saturated heterocycles. The Bertz CT molecular complexity index is 742. The minimum Gasteiger partial charge on any atom is -0.493 e. The SMILES string of the molecule is COc1cc(C(=O)N2CC[C@H](NC(=O)OC(C)(C)C)[C@@H]2C)ccc1OCCC(C)C. The van der Waals surface area contributed by atoms with E-state index in [0.29, 0.717) is 42.6 Å². The first-order valence-electron chi connectivity index (χ1n) is 10.6. The van der Waals surface area contributed by atoms with Crippen molar-refractivity contribution < 1.29 is 23.8 Å². The summed E-state index contributed by atoms with van der Waals surface area (Å²) < 4.78 is 16.6. The number of alkyl carbamates (subject to hydrolysis) is 1. The zero-order valence-electron chi connectivity index (χ0n) is 19.3. The largest absolute Gasteiger partial charge is 0.493 e. The Morgan fingerprint density at radius 3 is 2.53 bits per heavy atom. The third kappa shape index (κ3) is 6.54. The van der Waals surface area contributed by atoms with E-state index in [1.54, 1.807) is 30.2 Å². The van der Waals surface area contributed by atoms with Crippen molar-refractivity contribution in [3.8, 4) is 11.5 Å². The first-order chi connectivity index (χ1) is 14.0. The van der Waals surface area contributed by atoms with E-state index in [1.807, 2.05) is 27.7 Å². The fraction of sp³-hybridized carbons (Fsp3) is 0.652. The Morgan fingerprint density at radius 1 is 1.23 bits per heavy atom. The number of carbonyl (C=O) groups excluding carboxylic acids is 2. The van der Waals surface area contributed by atoms with E-state index in [-0.39, 0.29) is 18.0 Å². The van der Waals surface area contributed by atoms with Crippen LogP contribution in [0.2, 0.25) is 0 Å². The maximum Gasteiger partial charge on any atom is 0.407 e. The van der Waals surface area contributed by atoms with Crippen molar-refractivity contribution in [3.05, 3.63) is 23.8 Å². The molecule has 2 atom stereocenters. The van der Waals surface area contributed by atoms with Gasteiger partial charge in [-0.05, 0) is 64.7 Å². The Labute approximate surface area is 180 Å². The number of nitrogens with one attached hydrogen (secondary N) is 1. The first-order valence-corrected chi connectivity index (χ1v) is 10.6. The van der Waals surface area contributed by atoms with Crippen LogP contribution in [0.25, 0.3) is 0 Å². The number of ether oxygens (including phenoxy) is 3. The minimum absolute atomic E-state index is 0.0944. The van der Waals surface area contributed by atoms with Gasteiger partial charge in [-0.25, -0.2) is 4.79 Å². The zero-order chi connectivity index (χ0) is 22.5. The summed E-state index contributed by atoms with van der Waals surface area (Å²) >= 11 is 0. The molecule has 2 rings (SSSR count). The predicted octanol–water partition coefficient (Wildman–Crippen LogP) is 4.25. The van der Waals surface area contributed by atoms with Crippen molar-refractivity contribution in [1.82, 2.24) is 10.2 Å². The van der Waals surface area contributed by atoms with Gasteiger partial charge < -0.3 is 24.4 Å². The quantitative estimate of drug-likeness (QED) is 0.714. The number of hydrogen-bond donors (Lipinski definition) is 1. The molecule has 30 heavy (non-hydrogen) atoms. The van der Waals surface area contributed by atoms with Gasteiger partial charge >= 0.3 is 6.09 Å². The second kappa shape index (κ2) is 10.0. The van der Waals surface area contributed by atoms with Crippen LogP contribution in [0, 0.1) is 5.92 Å². The van der Waals surface area contributed by atoms with E-state index in [0.717, 1.165) is 6.42 Å². The molecule has 1 heterocycles. The fourth-order valence-electron chi connectivity index (χ4n) is 3.37. The smallest absolute Gasteiger partial charge is 0.407 e. The van der Waals surface area contributed by atoms with Crippen LogP contribution < -0.4 is 14.8 Å². The fourth-order valence-corrected chi connectivity index (χ4v) is 3.37. The predicted molar refractivity (Wildman–Crippen MR) is 116 cm³/mol. The highest BCUT2D eigenvalue weighted by molar-refractivity contribution is 5.95. The highest BCUT2D eigenvalue weighted by Crippen LogP contribution is 2.30. The van der Waals surface area contributed by atoms with Crippen LogP contribution >= 0.6 is 0 Å². The summed E-state index contributed by atoms with van der Waals surface area (Å²) in [6.07, 6.45) is 1.17. The molecule has 0 saturated carbocycles. The normalized spacial score (nSPS) is 19.0. The Hall–Kier alpha value is -2.44. The van der Waals surface area contributed by atoms with Crippen molar-refractivity contribution in [2.45, 2.75) is 72.1 Å². The second-order valence-corrected chi connectivity index (χ2v) is 9.18. The van der Waals surface area contributed by atoms with Gasteiger partial charge in [0.05, 0.1) is 19.8 Å². The van der Waals surface area contributed by atoms with Gasteiger partial charge in [0.15, 0.2) is 11.5 Å². The van der Waals surface area contributed by atoms with Crippen molar-refractivity contribution in [1.29, 1.82) is 0 Å². The summed E-state index contributed by atoms with van der Waals surface area (Å²) in [5.41, 5.74) is -0.0235. The second-order valence-electron chi connectivity index (χ2n) is 9.18. The number of rotatable bonds is 7. The number of benzene rings is 1.